The number of carbonyl (C=O) groups is 2. The maximum Gasteiger partial charge on any atom is 0.344 e. The SMILES string of the molecule is Cc1ccc(C(C)C)c(OCC(=O)O[C@H](C)C(=O)Nc2ccc(C#N)cc2)c1. The number of nitrogens with zero attached hydrogens (tertiary/aromatic N) is 1. The fourth-order valence-electron chi connectivity index (χ4n) is 2.54. The van der Waals surface area contributed by atoms with E-state index in [9.17, 15) is 9.59 Å². The molecular formula is C22H24N2O4. The first-order chi connectivity index (χ1) is 13.3. The minimum atomic E-state index is -0.978. The zero-order valence-corrected chi connectivity index (χ0v) is 16.5. The van der Waals surface area contributed by atoms with Crippen LogP contribution >= 0.6 is 0 Å². The van der Waals surface area contributed by atoms with Crippen LogP contribution in [0.4, 0.5) is 5.69 Å². The van der Waals surface area contributed by atoms with Crippen LogP contribution in [0.25, 0.3) is 0 Å². The molecule has 6 heteroatoms. The van der Waals surface area contributed by atoms with Crippen LogP contribution < -0.4 is 10.1 Å². The number of hydrogen-bond donors (Lipinski definition) is 1. The first kappa shape index (κ1) is 21.0. The van der Waals surface area contributed by atoms with Crippen LogP contribution in [0, 0.1) is 18.3 Å². The number of aryl methyl sites for hydroxylation is 1. The van der Waals surface area contributed by atoms with Crippen molar-refractivity contribution in [3.05, 3.63) is 59.2 Å². The van der Waals surface area contributed by atoms with E-state index >= 15 is 0 Å². The molecule has 0 aliphatic carbocycles. The van der Waals surface area contributed by atoms with Crippen molar-refractivity contribution in [2.24, 2.45) is 0 Å². The van der Waals surface area contributed by atoms with Crippen LogP contribution in [0.2, 0.25) is 0 Å². The molecule has 28 heavy (non-hydrogen) atoms. The monoisotopic (exact) mass is 380 g/mol. The highest BCUT2D eigenvalue weighted by Crippen LogP contribution is 2.27. The fourth-order valence-corrected chi connectivity index (χ4v) is 2.54. The Labute approximate surface area is 165 Å². The predicted octanol–water partition coefficient (Wildman–Crippen LogP) is 3.94. The number of anilines is 1. The zero-order valence-electron chi connectivity index (χ0n) is 16.5. The highest BCUT2D eigenvalue weighted by Gasteiger charge is 2.19. The molecule has 0 bridgehead atoms. The van der Waals surface area contributed by atoms with Gasteiger partial charge in [-0.25, -0.2) is 4.79 Å². The van der Waals surface area contributed by atoms with Crippen molar-refractivity contribution in [1.82, 2.24) is 0 Å². The second-order valence-electron chi connectivity index (χ2n) is 6.80. The van der Waals surface area contributed by atoms with E-state index in [0.717, 1.165) is 11.1 Å². The molecule has 0 fully saturated rings. The molecule has 6 nitrogen and oxygen atoms in total. The summed E-state index contributed by atoms with van der Waals surface area (Å²) in [5.41, 5.74) is 3.05. The van der Waals surface area contributed by atoms with E-state index < -0.39 is 18.0 Å². The highest BCUT2D eigenvalue weighted by atomic mass is 16.6. The van der Waals surface area contributed by atoms with E-state index in [1.165, 1.54) is 6.92 Å². The Morgan fingerprint density at radius 2 is 1.79 bits per heavy atom. The summed E-state index contributed by atoms with van der Waals surface area (Å²) in [7, 11) is 0. The minimum Gasteiger partial charge on any atom is -0.482 e. The Morgan fingerprint density at radius 1 is 1.11 bits per heavy atom. The Balaban J connectivity index is 1.89. The van der Waals surface area contributed by atoms with Crippen LogP contribution in [0.1, 0.15) is 43.4 Å². The van der Waals surface area contributed by atoms with Crippen LogP contribution in [-0.4, -0.2) is 24.6 Å². The number of amides is 1. The number of carbonyl (C=O) groups excluding carboxylic acids is 2. The van der Waals surface area contributed by atoms with Crippen molar-refractivity contribution in [3.63, 3.8) is 0 Å². The van der Waals surface area contributed by atoms with Gasteiger partial charge in [0.15, 0.2) is 12.7 Å². The third-order valence-electron chi connectivity index (χ3n) is 4.10. The van der Waals surface area contributed by atoms with Crippen LogP contribution in [0.3, 0.4) is 0 Å². The van der Waals surface area contributed by atoms with Crippen LogP contribution in [-0.2, 0) is 14.3 Å². The van der Waals surface area contributed by atoms with Gasteiger partial charge in [-0.05, 0) is 61.2 Å². The lowest BCUT2D eigenvalue weighted by atomic mass is 10.0. The highest BCUT2D eigenvalue weighted by molar-refractivity contribution is 5.95. The fraction of sp³-hybridized carbons (Fsp3) is 0.318. The van der Waals surface area contributed by atoms with Crippen LogP contribution in [0.15, 0.2) is 42.5 Å². The molecule has 0 saturated heterocycles. The summed E-state index contributed by atoms with van der Waals surface area (Å²) in [6.45, 7) is 7.25. The molecule has 0 heterocycles. The lowest BCUT2D eigenvalue weighted by molar-refractivity contribution is -0.155. The number of nitriles is 1. The van der Waals surface area contributed by atoms with Crippen molar-refractivity contribution in [2.45, 2.75) is 39.7 Å². The molecule has 1 atom stereocenters. The summed E-state index contributed by atoms with van der Waals surface area (Å²) in [6.07, 6.45) is -0.978. The van der Waals surface area contributed by atoms with Gasteiger partial charge in [0.1, 0.15) is 5.75 Å². The van der Waals surface area contributed by atoms with Gasteiger partial charge in [0.25, 0.3) is 5.91 Å². The lowest BCUT2D eigenvalue weighted by Crippen LogP contribution is -2.31. The third kappa shape index (κ3) is 5.85. The van der Waals surface area contributed by atoms with Crippen molar-refractivity contribution < 1.29 is 19.1 Å². The molecule has 0 spiro atoms. The lowest BCUT2D eigenvalue weighted by Gasteiger charge is -2.16. The second kappa shape index (κ2) is 9.56. The van der Waals surface area contributed by atoms with E-state index in [2.05, 4.69) is 5.32 Å². The average Bonchev–Trinajstić information content (AvgIpc) is 2.66. The zero-order chi connectivity index (χ0) is 20.7. The largest absolute Gasteiger partial charge is 0.482 e. The van der Waals surface area contributed by atoms with E-state index in [4.69, 9.17) is 14.7 Å². The molecular weight excluding hydrogens is 356 g/mol. The standard InChI is InChI=1S/C22H24N2O4/c1-14(2)19-10-5-15(3)11-20(19)27-13-21(25)28-16(4)22(26)24-18-8-6-17(12-23)7-9-18/h5-11,14,16H,13H2,1-4H3,(H,24,26)/t16-/m1/s1. The summed E-state index contributed by atoms with van der Waals surface area (Å²) in [4.78, 5) is 24.2. The molecule has 0 saturated carbocycles. The molecule has 0 radical (unpaired) electrons. The topological polar surface area (TPSA) is 88.4 Å². The van der Waals surface area contributed by atoms with Gasteiger partial charge in [-0.3, -0.25) is 4.79 Å². The number of nitrogens with one attached hydrogen (secondary N) is 1. The molecule has 0 aliphatic heterocycles. The summed E-state index contributed by atoms with van der Waals surface area (Å²) < 4.78 is 10.8. The molecule has 1 amide bonds. The molecule has 2 aromatic rings. The second-order valence-corrected chi connectivity index (χ2v) is 6.80. The molecule has 0 aromatic heterocycles. The van der Waals surface area contributed by atoms with Gasteiger partial charge in [-0.2, -0.15) is 5.26 Å². The van der Waals surface area contributed by atoms with Gasteiger partial charge >= 0.3 is 5.97 Å². The quantitative estimate of drug-likeness (QED) is 0.735. The Bertz CT molecular complexity index is 882. The van der Waals surface area contributed by atoms with Gasteiger partial charge in [0.05, 0.1) is 11.6 Å². The first-order valence-corrected chi connectivity index (χ1v) is 9.04. The molecule has 1 N–H and O–H groups in total. The first-order valence-electron chi connectivity index (χ1n) is 9.04. The van der Waals surface area contributed by atoms with Crippen molar-refractivity contribution in [2.75, 3.05) is 11.9 Å². The normalized spacial score (nSPS) is 11.4. The van der Waals surface area contributed by atoms with Gasteiger partial charge in [-0.1, -0.05) is 26.0 Å². The van der Waals surface area contributed by atoms with Gasteiger partial charge in [0, 0.05) is 5.69 Å². The number of benzene rings is 2. The van der Waals surface area contributed by atoms with Gasteiger partial charge in [-0.15, -0.1) is 0 Å². The van der Waals surface area contributed by atoms with Crippen molar-refractivity contribution in [1.29, 1.82) is 5.26 Å². The third-order valence-corrected chi connectivity index (χ3v) is 4.10. The molecule has 2 aromatic carbocycles. The van der Waals surface area contributed by atoms with Gasteiger partial charge < -0.3 is 14.8 Å². The van der Waals surface area contributed by atoms with Crippen LogP contribution in [0.5, 0.6) is 5.75 Å². The molecule has 2 rings (SSSR count). The number of esters is 1. The molecule has 146 valence electrons. The average molecular weight is 380 g/mol. The number of rotatable bonds is 7. The van der Waals surface area contributed by atoms with E-state index in [0.29, 0.717) is 17.0 Å². The Kier molecular flexibility index (Phi) is 7.16. The van der Waals surface area contributed by atoms with E-state index in [1.807, 2.05) is 45.0 Å². The Hall–Kier alpha value is -3.33. The van der Waals surface area contributed by atoms with E-state index in [1.54, 1.807) is 24.3 Å². The number of ether oxygens (including phenoxy) is 2. The summed E-state index contributed by atoms with van der Waals surface area (Å²) in [5.74, 6) is -0.194. The minimum absolute atomic E-state index is 0.253. The van der Waals surface area contributed by atoms with E-state index in [-0.39, 0.29) is 12.5 Å². The van der Waals surface area contributed by atoms with Gasteiger partial charge in [0.2, 0.25) is 0 Å². The maximum atomic E-state index is 12.2. The van der Waals surface area contributed by atoms with Crippen molar-refractivity contribution >= 4 is 17.6 Å². The molecule has 0 aliphatic rings. The summed E-state index contributed by atoms with van der Waals surface area (Å²) in [5, 5.41) is 11.4. The van der Waals surface area contributed by atoms with Crippen molar-refractivity contribution in [3.8, 4) is 11.8 Å². The Morgan fingerprint density at radius 3 is 2.39 bits per heavy atom. The maximum absolute atomic E-state index is 12.2. The summed E-state index contributed by atoms with van der Waals surface area (Å²) >= 11 is 0. The molecule has 0 unspecified atom stereocenters. The summed E-state index contributed by atoms with van der Waals surface area (Å²) in [6, 6.07) is 14.3. The number of hydrogen-bond acceptors (Lipinski definition) is 5. The predicted molar refractivity (Wildman–Crippen MR) is 106 cm³/mol. The smallest absolute Gasteiger partial charge is 0.344 e.